The van der Waals surface area contributed by atoms with Crippen molar-refractivity contribution >= 4 is 0 Å². The monoisotopic (exact) mass is 69.0 g/mol. The maximum atomic E-state index is 4.71. The van der Waals surface area contributed by atoms with Gasteiger partial charge in [-0.05, 0) is 6.42 Å². The summed E-state index contributed by atoms with van der Waals surface area (Å²) in [6, 6.07) is 0. The molecular weight excluding hydrogens is 64.0 g/mol. The van der Waals surface area contributed by atoms with E-state index < -0.39 is 0 Å². The van der Waals surface area contributed by atoms with Crippen LogP contribution in [0.15, 0.2) is 0 Å². The van der Waals surface area contributed by atoms with E-state index in [0.717, 1.165) is 13.0 Å². The van der Waals surface area contributed by atoms with Crippen LogP contribution in [0.4, 0.5) is 0 Å². The van der Waals surface area contributed by atoms with Gasteiger partial charge in [0, 0.05) is 13.0 Å². The molecule has 0 spiro atoms. The number of rotatable bonds is 0. The summed E-state index contributed by atoms with van der Waals surface area (Å²) in [5, 5.41) is 0. The molecule has 27 valence electrons. The molecule has 0 atom stereocenters. The number of hydrogen-bond donors (Lipinski definition) is 0. The van der Waals surface area contributed by atoms with Crippen LogP contribution < -0.4 is 0 Å². The van der Waals surface area contributed by atoms with Crippen LogP contribution in [0.3, 0.4) is 0 Å². The summed E-state index contributed by atoms with van der Waals surface area (Å²) in [4.78, 5) is 0. The fourth-order valence-electron chi connectivity index (χ4n) is 0.295. The lowest BCUT2D eigenvalue weighted by atomic mass is 10.4. The van der Waals surface area contributed by atoms with Crippen LogP contribution in [-0.4, -0.2) is 6.61 Å². The minimum Gasteiger partial charge on any atom is -0.375 e. The topological polar surface area (TPSA) is 9.23 Å². The molecule has 3 radical (unpaired) electrons. The predicted molar refractivity (Wildman–Crippen MR) is 18.1 cm³/mol. The molecule has 1 rings (SSSR count). The fraction of sp³-hybridized carbons (Fsp3) is 0.500. The Kier molecular flexibility index (Phi) is 0.892. The van der Waals surface area contributed by atoms with Gasteiger partial charge in [0.15, 0.2) is 0 Å². The second-order valence-corrected chi connectivity index (χ2v) is 0.943. The molecule has 1 nitrogen and oxygen atoms in total. The van der Waals surface area contributed by atoms with Crippen molar-refractivity contribution in [3.8, 4) is 0 Å². The molecule has 1 saturated heterocycles. The molecule has 0 saturated carbocycles. The first-order valence-corrected chi connectivity index (χ1v) is 1.67. The summed E-state index contributed by atoms with van der Waals surface area (Å²) in [5.74, 6) is 0. The molecule has 0 aromatic carbocycles. The first kappa shape index (κ1) is 3.16. The molecule has 1 aliphatic rings. The van der Waals surface area contributed by atoms with Crippen LogP contribution in [0.1, 0.15) is 6.42 Å². The molecule has 0 bridgehead atoms. The zero-order valence-corrected chi connectivity index (χ0v) is 2.90. The van der Waals surface area contributed by atoms with E-state index in [4.69, 9.17) is 4.74 Å². The highest BCUT2D eigenvalue weighted by molar-refractivity contribution is 4.79. The quantitative estimate of drug-likeness (QED) is 0.406. The van der Waals surface area contributed by atoms with E-state index in [9.17, 15) is 0 Å². The van der Waals surface area contributed by atoms with Crippen molar-refractivity contribution in [3.05, 3.63) is 13.0 Å². The third-order valence-corrected chi connectivity index (χ3v) is 0.531. The normalized spacial score (nSPS) is 24.0. The molecule has 1 aliphatic heterocycles. The van der Waals surface area contributed by atoms with E-state index >= 15 is 0 Å². The maximum Gasteiger partial charge on any atom is 0.0912 e. The van der Waals surface area contributed by atoms with Gasteiger partial charge in [-0.25, -0.2) is 0 Å². The van der Waals surface area contributed by atoms with Gasteiger partial charge >= 0.3 is 0 Å². The SMILES string of the molecule is [C]1[CH]OCC1. The van der Waals surface area contributed by atoms with Gasteiger partial charge in [-0.15, -0.1) is 0 Å². The van der Waals surface area contributed by atoms with Crippen LogP contribution in [0, 0.1) is 13.0 Å². The minimum absolute atomic E-state index is 0.833. The van der Waals surface area contributed by atoms with Crippen molar-refractivity contribution in [1.82, 2.24) is 0 Å². The Bertz CT molecular complexity index is 15.2. The Morgan fingerprint density at radius 3 is 3.00 bits per heavy atom. The summed E-state index contributed by atoms with van der Waals surface area (Å²) < 4.78 is 4.71. The standard InChI is InChI=1S/C4H5O/c1-2-4-5-3-1/h4H,1,3H2. The summed E-state index contributed by atoms with van der Waals surface area (Å²) in [5.41, 5.74) is 0. The summed E-state index contributed by atoms with van der Waals surface area (Å²) >= 11 is 0. The maximum absolute atomic E-state index is 4.71. The molecular formula is C4H5O. The molecule has 1 heterocycles. The van der Waals surface area contributed by atoms with Gasteiger partial charge in [0.05, 0.1) is 6.61 Å². The molecule has 5 heavy (non-hydrogen) atoms. The fourth-order valence-corrected chi connectivity index (χ4v) is 0.295. The van der Waals surface area contributed by atoms with Crippen LogP contribution in [0.25, 0.3) is 0 Å². The summed E-state index contributed by atoms with van der Waals surface area (Å²) in [6.07, 6.45) is 3.85. The highest BCUT2D eigenvalue weighted by Crippen LogP contribution is 2.02. The molecule has 0 aliphatic carbocycles. The average Bonchev–Trinajstić information content (AvgIpc) is 1.76. The Hall–Kier alpha value is -0.0400. The first-order valence-electron chi connectivity index (χ1n) is 1.67. The van der Waals surface area contributed by atoms with E-state index in [1.54, 1.807) is 6.61 Å². The van der Waals surface area contributed by atoms with Gasteiger partial charge in [-0.1, -0.05) is 0 Å². The van der Waals surface area contributed by atoms with Gasteiger partial charge in [-0.2, -0.15) is 0 Å². The van der Waals surface area contributed by atoms with E-state index in [2.05, 4.69) is 6.42 Å². The number of hydrogen-bond acceptors (Lipinski definition) is 1. The van der Waals surface area contributed by atoms with Gasteiger partial charge in [0.25, 0.3) is 0 Å². The first-order chi connectivity index (χ1) is 2.50. The van der Waals surface area contributed by atoms with E-state index in [-0.39, 0.29) is 0 Å². The smallest absolute Gasteiger partial charge is 0.0912 e. The second-order valence-electron chi connectivity index (χ2n) is 0.943. The van der Waals surface area contributed by atoms with Crippen molar-refractivity contribution in [2.45, 2.75) is 6.42 Å². The van der Waals surface area contributed by atoms with Gasteiger partial charge in [-0.3, -0.25) is 0 Å². The molecule has 0 unspecified atom stereocenters. The van der Waals surface area contributed by atoms with Gasteiger partial charge < -0.3 is 4.74 Å². The van der Waals surface area contributed by atoms with Crippen molar-refractivity contribution in [2.75, 3.05) is 6.61 Å². The van der Waals surface area contributed by atoms with Gasteiger partial charge in [0.1, 0.15) is 0 Å². The van der Waals surface area contributed by atoms with Crippen molar-refractivity contribution < 1.29 is 4.74 Å². The molecule has 1 fully saturated rings. The second kappa shape index (κ2) is 1.41. The Labute approximate surface area is 31.9 Å². The predicted octanol–water partition coefficient (Wildman–Crippen LogP) is 0.650. The number of ether oxygens (including phenoxy) is 1. The highest BCUT2D eigenvalue weighted by Gasteiger charge is 1.97. The Morgan fingerprint density at radius 2 is 2.80 bits per heavy atom. The van der Waals surface area contributed by atoms with Gasteiger partial charge in [0.2, 0.25) is 0 Å². The van der Waals surface area contributed by atoms with E-state index in [0.29, 0.717) is 0 Å². The Balaban J connectivity index is 2.08. The molecule has 0 N–H and O–H groups in total. The zero-order chi connectivity index (χ0) is 3.54. The molecule has 1 heteroatoms. The van der Waals surface area contributed by atoms with Crippen LogP contribution in [0.2, 0.25) is 0 Å². The highest BCUT2D eigenvalue weighted by atomic mass is 16.5. The minimum atomic E-state index is 0.833. The molecule has 0 aromatic heterocycles. The summed E-state index contributed by atoms with van der Waals surface area (Å²) in [6.45, 7) is 2.44. The lowest BCUT2D eigenvalue weighted by Crippen LogP contribution is -1.69. The summed E-state index contributed by atoms with van der Waals surface area (Å²) in [7, 11) is 0. The van der Waals surface area contributed by atoms with Crippen molar-refractivity contribution in [3.63, 3.8) is 0 Å². The van der Waals surface area contributed by atoms with Crippen molar-refractivity contribution in [2.24, 2.45) is 0 Å². The molecule has 0 aromatic rings. The third kappa shape index (κ3) is 0.618. The van der Waals surface area contributed by atoms with Crippen molar-refractivity contribution in [1.29, 1.82) is 0 Å². The van der Waals surface area contributed by atoms with Crippen LogP contribution in [0.5, 0.6) is 0 Å². The average molecular weight is 69.1 g/mol. The van der Waals surface area contributed by atoms with E-state index in [1.807, 2.05) is 0 Å². The van der Waals surface area contributed by atoms with Crippen LogP contribution in [-0.2, 0) is 4.74 Å². The Morgan fingerprint density at radius 1 is 1.80 bits per heavy atom. The zero-order valence-electron chi connectivity index (χ0n) is 2.90. The lowest BCUT2D eigenvalue weighted by molar-refractivity contribution is 0.257. The van der Waals surface area contributed by atoms with E-state index in [1.165, 1.54) is 0 Å². The largest absolute Gasteiger partial charge is 0.375 e. The molecule has 0 amide bonds. The third-order valence-electron chi connectivity index (χ3n) is 0.531. The van der Waals surface area contributed by atoms with Crippen LogP contribution >= 0.6 is 0 Å². The lowest BCUT2D eigenvalue weighted by Gasteiger charge is -1.75.